The van der Waals surface area contributed by atoms with Crippen LogP contribution in [0.2, 0.25) is 0 Å². The summed E-state index contributed by atoms with van der Waals surface area (Å²) in [5.74, 6) is -2.77. The molecule has 0 bridgehead atoms. The van der Waals surface area contributed by atoms with Crippen molar-refractivity contribution in [3.05, 3.63) is 42.1 Å². The van der Waals surface area contributed by atoms with Crippen LogP contribution >= 0.6 is 0 Å². The normalized spacial score (nSPS) is 19.1. The van der Waals surface area contributed by atoms with E-state index in [1.54, 1.807) is 35.0 Å². The number of amides is 1. The van der Waals surface area contributed by atoms with Crippen molar-refractivity contribution in [2.24, 2.45) is 13.0 Å². The molecule has 13 heteroatoms. The number of rotatable bonds is 5. The zero-order chi connectivity index (χ0) is 24.9. The number of carbonyl (C=O) groups excluding carboxylic acids is 1. The van der Waals surface area contributed by atoms with Crippen molar-refractivity contribution in [3.63, 3.8) is 0 Å². The zero-order valence-corrected chi connectivity index (χ0v) is 18.3. The monoisotopic (exact) mass is 488 g/mol. The quantitative estimate of drug-likeness (QED) is 0.645. The van der Waals surface area contributed by atoms with Crippen LogP contribution in [0.3, 0.4) is 0 Å². The van der Waals surface area contributed by atoms with Crippen LogP contribution in [0.25, 0.3) is 0 Å². The first-order chi connectivity index (χ1) is 16.0. The van der Waals surface area contributed by atoms with Crippen LogP contribution < -0.4 is 4.74 Å². The third-order valence-corrected chi connectivity index (χ3v) is 5.51. The fourth-order valence-electron chi connectivity index (χ4n) is 3.88. The largest absolute Gasteiger partial charge is 0.490 e. The number of hydrogen-bond donors (Lipinski definition) is 1. The second kappa shape index (κ2) is 10.4. The molecule has 0 saturated carbocycles. The van der Waals surface area contributed by atoms with Gasteiger partial charge in [-0.25, -0.2) is 14.2 Å². The third-order valence-electron chi connectivity index (χ3n) is 5.51. The van der Waals surface area contributed by atoms with E-state index in [1.807, 2.05) is 0 Å². The van der Waals surface area contributed by atoms with Crippen LogP contribution in [0.5, 0.6) is 5.88 Å². The van der Waals surface area contributed by atoms with Gasteiger partial charge < -0.3 is 19.5 Å². The van der Waals surface area contributed by atoms with Crippen LogP contribution in [0.15, 0.2) is 30.6 Å². The molecule has 0 aliphatic carbocycles. The summed E-state index contributed by atoms with van der Waals surface area (Å²) in [6, 6.07) is 4.61. The number of likely N-dealkylation sites (tertiary alicyclic amines) is 1. The summed E-state index contributed by atoms with van der Waals surface area (Å²) in [5, 5.41) is 11.3. The molecule has 2 aromatic heterocycles. The van der Waals surface area contributed by atoms with Gasteiger partial charge in [-0.15, -0.1) is 0 Å². The van der Waals surface area contributed by atoms with Crippen LogP contribution in [-0.4, -0.2) is 74.7 Å². The lowest BCUT2D eigenvalue weighted by molar-refractivity contribution is -0.192. The number of halogens is 4. The van der Waals surface area contributed by atoms with Crippen molar-refractivity contribution in [3.8, 4) is 5.88 Å². The molecule has 4 heterocycles. The summed E-state index contributed by atoms with van der Waals surface area (Å²) in [5.41, 5.74) is 0.203. The van der Waals surface area contributed by atoms with Gasteiger partial charge in [0, 0.05) is 26.0 Å². The molecule has 186 valence electrons. The molecular weight excluding hydrogens is 464 g/mol. The van der Waals surface area contributed by atoms with Gasteiger partial charge in [0.2, 0.25) is 5.88 Å². The van der Waals surface area contributed by atoms with Gasteiger partial charge in [-0.2, -0.15) is 18.3 Å². The first-order valence-corrected chi connectivity index (χ1v) is 10.5. The number of alkyl halides is 3. The van der Waals surface area contributed by atoms with Crippen LogP contribution in [0.1, 0.15) is 29.8 Å². The summed E-state index contributed by atoms with van der Waals surface area (Å²) in [6.45, 7) is 2.28. The van der Waals surface area contributed by atoms with E-state index < -0.39 is 18.0 Å². The van der Waals surface area contributed by atoms with Crippen LogP contribution in [0, 0.1) is 11.7 Å². The Morgan fingerprint density at radius 1 is 1.32 bits per heavy atom. The molecule has 2 saturated heterocycles. The Morgan fingerprint density at radius 3 is 2.62 bits per heavy atom. The number of carbonyl (C=O) groups is 2. The smallest absolute Gasteiger partial charge is 0.476 e. The number of carboxylic acids is 1. The van der Waals surface area contributed by atoms with E-state index in [9.17, 15) is 22.4 Å². The van der Waals surface area contributed by atoms with Gasteiger partial charge in [-0.3, -0.25) is 9.48 Å². The second-order valence-electron chi connectivity index (χ2n) is 8.16. The lowest BCUT2D eigenvalue weighted by atomic mass is 9.79. The first kappa shape index (κ1) is 25.4. The first-order valence-electron chi connectivity index (χ1n) is 10.5. The predicted octanol–water partition coefficient (Wildman–Crippen LogP) is 2.68. The minimum atomic E-state index is -5.08. The molecule has 2 aliphatic rings. The van der Waals surface area contributed by atoms with Crippen molar-refractivity contribution in [2.75, 3.05) is 26.3 Å². The summed E-state index contributed by atoms with van der Waals surface area (Å²) >= 11 is 0. The van der Waals surface area contributed by atoms with Crippen LogP contribution in [0.4, 0.5) is 17.6 Å². The molecule has 2 fully saturated rings. The fraction of sp³-hybridized carbons (Fsp3) is 0.524. The van der Waals surface area contributed by atoms with E-state index >= 15 is 0 Å². The van der Waals surface area contributed by atoms with Gasteiger partial charge >= 0.3 is 12.1 Å². The van der Waals surface area contributed by atoms with Gasteiger partial charge in [0.1, 0.15) is 11.3 Å². The Hall–Kier alpha value is -3.22. The highest BCUT2D eigenvalue weighted by molar-refractivity contribution is 5.93. The molecular formula is C21H24F4N4O5. The Kier molecular flexibility index (Phi) is 7.75. The van der Waals surface area contributed by atoms with E-state index in [4.69, 9.17) is 19.4 Å². The summed E-state index contributed by atoms with van der Waals surface area (Å²) in [7, 11) is 1.79. The van der Waals surface area contributed by atoms with E-state index in [0.29, 0.717) is 37.9 Å². The van der Waals surface area contributed by atoms with Crippen molar-refractivity contribution in [2.45, 2.75) is 31.0 Å². The molecule has 4 rings (SSSR count). The number of nitrogens with zero attached hydrogens (tertiary/aromatic N) is 4. The minimum absolute atomic E-state index is 0.0510. The highest BCUT2D eigenvalue weighted by Crippen LogP contribution is 2.38. The third kappa shape index (κ3) is 6.43. The zero-order valence-electron chi connectivity index (χ0n) is 18.3. The van der Waals surface area contributed by atoms with E-state index in [0.717, 1.165) is 19.3 Å². The van der Waals surface area contributed by atoms with E-state index in [2.05, 4.69) is 10.1 Å². The summed E-state index contributed by atoms with van der Waals surface area (Å²) < 4.78 is 58.4. The standard InChI is InChI=1S/C19H23FN4O3.C2HF3O2/c1-23-8-4-16(22-23)18(25)24-12-19(13-24)11-14(6-10-27-19)5-9-26-17-15(20)3-2-7-21-17;3-2(4,5)1(6)7/h2-4,7-8,14H,5-6,9-13H2,1H3;(H,6,7). The molecule has 2 aromatic rings. The van der Waals surface area contributed by atoms with Gasteiger partial charge in [0.15, 0.2) is 5.82 Å². The van der Waals surface area contributed by atoms with Crippen LogP contribution in [-0.2, 0) is 16.6 Å². The van der Waals surface area contributed by atoms with Gasteiger partial charge in [-0.1, -0.05) is 0 Å². The Morgan fingerprint density at radius 2 is 2.03 bits per heavy atom. The van der Waals surface area contributed by atoms with Crippen molar-refractivity contribution in [1.29, 1.82) is 0 Å². The molecule has 1 spiro atoms. The topological polar surface area (TPSA) is 107 Å². The number of pyridine rings is 1. The summed E-state index contributed by atoms with van der Waals surface area (Å²) in [4.78, 5) is 27.0. The Balaban J connectivity index is 0.000000406. The van der Waals surface area contributed by atoms with Crippen molar-refractivity contribution < 1.29 is 41.7 Å². The molecule has 0 radical (unpaired) electrons. The molecule has 0 aromatic carbocycles. The summed E-state index contributed by atoms with van der Waals surface area (Å²) in [6.07, 6.45) is 0.843. The maximum atomic E-state index is 13.6. The SMILES string of the molecule is Cn1ccc(C(=O)N2CC3(CC(CCOc4ncccc4F)CCO3)C2)n1.O=C(O)C(F)(F)F. The van der Waals surface area contributed by atoms with Crippen molar-refractivity contribution >= 4 is 11.9 Å². The molecule has 2 aliphatic heterocycles. The Labute approximate surface area is 192 Å². The lowest BCUT2D eigenvalue weighted by Gasteiger charge is -2.53. The highest BCUT2D eigenvalue weighted by atomic mass is 19.4. The average molecular weight is 488 g/mol. The van der Waals surface area contributed by atoms with E-state index in [1.165, 1.54) is 12.3 Å². The van der Waals surface area contributed by atoms with Gasteiger partial charge in [-0.05, 0) is 43.4 Å². The van der Waals surface area contributed by atoms with E-state index in [-0.39, 0.29) is 17.4 Å². The number of carboxylic acid groups (broad SMARTS) is 1. The van der Waals surface area contributed by atoms with Crippen molar-refractivity contribution in [1.82, 2.24) is 19.7 Å². The number of hydrogen-bond acceptors (Lipinski definition) is 6. The number of aromatic nitrogens is 3. The second-order valence-corrected chi connectivity index (χ2v) is 8.16. The van der Waals surface area contributed by atoms with Gasteiger partial charge in [0.05, 0.1) is 19.7 Å². The maximum Gasteiger partial charge on any atom is 0.490 e. The maximum absolute atomic E-state index is 13.6. The molecule has 9 nitrogen and oxygen atoms in total. The number of ether oxygens (including phenoxy) is 2. The lowest BCUT2D eigenvalue weighted by Crippen LogP contribution is -2.66. The number of aryl methyl sites for hydroxylation is 1. The minimum Gasteiger partial charge on any atom is -0.476 e. The predicted molar refractivity (Wildman–Crippen MR) is 109 cm³/mol. The molecule has 1 amide bonds. The molecule has 1 unspecified atom stereocenters. The Bertz CT molecular complexity index is 1010. The van der Waals surface area contributed by atoms with Gasteiger partial charge in [0.25, 0.3) is 5.91 Å². The number of aliphatic carboxylic acids is 1. The molecule has 1 N–H and O–H groups in total. The molecule has 1 atom stereocenters. The highest BCUT2D eigenvalue weighted by Gasteiger charge is 2.49. The fourth-order valence-corrected chi connectivity index (χ4v) is 3.88. The average Bonchev–Trinajstić information content (AvgIpc) is 3.19. The molecule has 34 heavy (non-hydrogen) atoms.